The van der Waals surface area contributed by atoms with Gasteiger partial charge in [-0.2, -0.15) is 0 Å². The molecule has 0 aliphatic rings. The summed E-state index contributed by atoms with van der Waals surface area (Å²) in [5, 5.41) is 4.48. The van der Waals surface area contributed by atoms with Gasteiger partial charge in [0.15, 0.2) is 17.5 Å². The van der Waals surface area contributed by atoms with Crippen LogP contribution in [-0.4, -0.2) is 15.0 Å². The second kappa shape index (κ2) is 11.2. The van der Waals surface area contributed by atoms with E-state index in [1.54, 1.807) is 0 Å². The van der Waals surface area contributed by atoms with Gasteiger partial charge in [0.25, 0.3) is 0 Å². The Labute approximate surface area is 271 Å². The second-order valence-electron chi connectivity index (χ2n) is 11.6. The van der Waals surface area contributed by atoms with Gasteiger partial charge < -0.3 is 4.42 Å². The number of rotatable bonds is 5. The summed E-state index contributed by atoms with van der Waals surface area (Å²) in [6, 6.07) is 56.3. The summed E-state index contributed by atoms with van der Waals surface area (Å²) in [4.78, 5) is 15.0. The van der Waals surface area contributed by atoms with Crippen LogP contribution in [0.15, 0.2) is 168 Å². The van der Waals surface area contributed by atoms with Gasteiger partial charge in [-0.1, -0.05) is 146 Å². The Morgan fingerprint density at radius 1 is 0.319 bits per heavy atom. The van der Waals surface area contributed by atoms with Gasteiger partial charge in [0.2, 0.25) is 0 Å². The average molecular weight is 602 g/mol. The SMILES string of the molecule is c1ccc(-c2ccc(-c3nc(-c4ccccc4)nc(-c4cccc(-c5cccc6c5ccc5c7ccccc7oc65)c4)n3)cc2)cc1. The van der Waals surface area contributed by atoms with E-state index < -0.39 is 0 Å². The number of benzene rings is 7. The molecular formula is C43H27N3O. The van der Waals surface area contributed by atoms with E-state index in [0.29, 0.717) is 17.5 Å². The molecule has 0 unspecified atom stereocenters. The average Bonchev–Trinajstić information content (AvgIpc) is 3.55. The fourth-order valence-corrected chi connectivity index (χ4v) is 6.41. The van der Waals surface area contributed by atoms with Crippen molar-refractivity contribution in [3.05, 3.63) is 164 Å². The van der Waals surface area contributed by atoms with E-state index in [-0.39, 0.29) is 0 Å². The molecule has 0 aliphatic heterocycles. The minimum Gasteiger partial charge on any atom is -0.455 e. The lowest BCUT2D eigenvalue weighted by Crippen LogP contribution is -2.00. The smallest absolute Gasteiger partial charge is 0.164 e. The highest BCUT2D eigenvalue weighted by molar-refractivity contribution is 6.17. The van der Waals surface area contributed by atoms with Crippen LogP contribution < -0.4 is 0 Å². The lowest BCUT2D eigenvalue weighted by atomic mass is 9.95. The third-order valence-electron chi connectivity index (χ3n) is 8.75. The van der Waals surface area contributed by atoms with Crippen LogP contribution in [0.25, 0.3) is 89.1 Å². The van der Waals surface area contributed by atoms with Crippen LogP contribution in [0.4, 0.5) is 0 Å². The highest BCUT2D eigenvalue weighted by Crippen LogP contribution is 2.38. The minimum absolute atomic E-state index is 0.628. The van der Waals surface area contributed by atoms with E-state index in [9.17, 15) is 0 Å². The molecule has 2 aromatic heterocycles. The Morgan fingerprint density at radius 2 is 0.809 bits per heavy atom. The second-order valence-corrected chi connectivity index (χ2v) is 11.6. The van der Waals surface area contributed by atoms with Crippen molar-refractivity contribution in [2.24, 2.45) is 0 Å². The fraction of sp³-hybridized carbons (Fsp3) is 0. The first kappa shape index (κ1) is 27.0. The normalized spacial score (nSPS) is 11.4. The van der Waals surface area contributed by atoms with Gasteiger partial charge in [-0.15, -0.1) is 0 Å². The lowest BCUT2D eigenvalue weighted by Gasteiger charge is -2.11. The van der Waals surface area contributed by atoms with Crippen molar-refractivity contribution in [3.8, 4) is 56.4 Å². The Morgan fingerprint density at radius 3 is 1.57 bits per heavy atom. The van der Waals surface area contributed by atoms with E-state index in [1.165, 1.54) is 5.56 Å². The summed E-state index contributed by atoms with van der Waals surface area (Å²) in [6.07, 6.45) is 0. The first-order valence-corrected chi connectivity index (χ1v) is 15.7. The fourth-order valence-electron chi connectivity index (χ4n) is 6.41. The molecule has 9 aromatic rings. The summed E-state index contributed by atoms with van der Waals surface area (Å²) in [7, 11) is 0. The number of nitrogens with zero attached hydrogens (tertiary/aromatic N) is 3. The maximum absolute atomic E-state index is 6.37. The van der Waals surface area contributed by atoms with Crippen molar-refractivity contribution in [3.63, 3.8) is 0 Å². The van der Waals surface area contributed by atoms with Crippen molar-refractivity contribution in [1.82, 2.24) is 15.0 Å². The molecular weight excluding hydrogens is 574 g/mol. The number of hydrogen-bond donors (Lipinski definition) is 0. The molecule has 0 spiro atoms. The summed E-state index contributed by atoms with van der Waals surface area (Å²) in [5.41, 5.74) is 9.14. The van der Waals surface area contributed by atoms with Gasteiger partial charge >= 0.3 is 0 Å². The molecule has 0 amide bonds. The van der Waals surface area contributed by atoms with Crippen LogP contribution in [0.3, 0.4) is 0 Å². The number of aromatic nitrogens is 3. The first-order chi connectivity index (χ1) is 23.3. The van der Waals surface area contributed by atoms with Gasteiger partial charge in [0.05, 0.1) is 0 Å². The molecule has 0 saturated heterocycles. The molecule has 0 N–H and O–H groups in total. The maximum Gasteiger partial charge on any atom is 0.164 e. The van der Waals surface area contributed by atoms with E-state index in [0.717, 1.165) is 66.1 Å². The van der Waals surface area contributed by atoms with Gasteiger partial charge in [-0.3, -0.25) is 0 Å². The third-order valence-corrected chi connectivity index (χ3v) is 8.75. The van der Waals surface area contributed by atoms with Crippen molar-refractivity contribution >= 4 is 32.7 Å². The molecule has 9 rings (SSSR count). The molecule has 220 valence electrons. The molecule has 47 heavy (non-hydrogen) atoms. The van der Waals surface area contributed by atoms with E-state index >= 15 is 0 Å². The number of para-hydroxylation sites is 1. The van der Waals surface area contributed by atoms with Crippen LogP contribution in [0, 0.1) is 0 Å². The predicted octanol–water partition coefficient (Wildman–Crippen LogP) is 11.3. The van der Waals surface area contributed by atoms with Crippen LogP contribution in [0.1, 0.15) is 0 Å². The van der Waals surface area contributed by atoms with E-state index in [1.807, 2.05) is 48.5 Å². The zero-order valence-electron chi connectivity index (χ0n) is 25.3. The molecule has 4 nitrogen and oxygen atoms in total. The quantitative estimate of drug-likeness (QED) is 0.197. The van der Waals surface area contributed by atoms with Gasteiger partial charge in [0.1, 0.15) is 11.2 Å². The monoisotopic (exact) mass is 601 g/mol. The molecule has 4 heteroatoms. The van der Waals surface area contributed by atoms with Crippen LogP contribution in [-0.2, 0) is 0 Å². The first-order valence-electron chi connectivity index (χ1n) is 15.7. The molecule has 0 aliphatic carbocycles. The number of hydrogen-bond acceptors (Lipinski definition) is 4. The summed E-state index contributed by atoms with van der Waals surface area (Å²) in [5.74, 6) is 1.90. The zero-order chi connectivity index (χ0) is 31.2. The van der Waals surface area contributed by atoms with Crippen LogP contribution in [0.2, 0.25) is 0 Å². The molecule has 0 bridgehead atoms. The summed E-state index contributed by atoms with van der Waals surface area (Å²) < 4.78 is 6.37. The number of fused-ring (bicyclic) bond motifs is 5. The lowest BCUT2D eigenvalue weighted by molar-refractivity contribution is 0.672. The molecule has 0 saturated carbocycles. The topological polar surface area (TPSA) is 51.8 Å². The third kappa shape index (κ3) is 4.84. The standard InChI is InChI=1S/C43H27N3O/c1-3-11-28(12-4-1)29-21-23-31(24-22-29)42-44-41(30-13-5-2-6-14-30)45-43(46-42)33-16-9-15-32(27-33)34-18-10-19-37-35(34)25-26-38-36-17-7-8-20-39(36)47-40(37)38/h1-27H. The largest absolute Gasteiger partial charge is 0.455 e. The maximum atomic E-state index is 6.37. The molecule has 0 radical (unpaired) electrons. The molecule has 7 aromatic carbocycles. The van der Waals surface area contributed by atoms with Gasteiger partial charge in [-0.25, -0.2) is 15.0 Å². The predicted molar refractivity (Wildman–Crippen MR) is 192 cm³/mol. The molecule has 2 heterocycles. The molecule has 0 fully saturated rings. The van der Waals surface area contributed by atoms with E-state index in [4.69, 9.17) is 19.4 Å². The van der Waals surface area contributed by atoms with Crippen LogP contribution in [0.5, 0.6) is 0 Å². The highest BCUT2D eigenvalue weighted by atomic mass is 16.3. The Hall–Kier alpha value is -6.39. The minimum atomic E-state index is 0.628. The van der Waals surface area contributed by atoms with Crippen LogP contribution >= 0.6 is 0 Å². The van der Waals surface area contributed by atoms with Crippen molar-refractivity contribution in [2.45, 2.75) is 0 Å². The van der Waals surface area contributed by atoms with Gasteiger partial charge in [0, 0.05) is 32.8 Å². The Kier molecular flexibility index (Phi) is 6.43. The summed E-state index contributed by atoms with van der Waals surface area (Å²) in [6.45, 7) is 0. The highest BCUT2D eigenvalue weighted by Gasteiger charge is 2.15. The zero-order valence-corrected chi connectivity index (χ0v) is 25.3. The van der Waals surface area contributed by atoms with Crippen molar-refractivity contribution < 1.29 is 4.42 Å². The summed E-state index contributed by atoms with van der Waals surface area (Å²) >= 11 is 0. The molecule has 0 atom stereocenters. The Balaban J connectivity index is 1.16. The van der Waals surface area contributed by atoms with Crippen molar-refractivity contribution in [1.29, 1.82) is 0 Å². The Bertz CT molecular complexity index is 2550. The van der Waals surface area contributed by atoms with E-state index in [2.05, 4.69) is 115 Å². The van der Waals surface area contributed by atoms with Crippen molar-refractivity contribution in [2.75, 3.05) is 0 Å². The van der Waals surface area contributed by atoms with Gasteiger partial charge in [-0.05, 0) is 45.8 Å². The number of furan rings is 1.